The van der Waals surface area contributed by atoms with Crippen molar-refractivity contribution in [3.05, 3.63) is 47.5 Å². The van der Waals surface area contributed by atoms with Gasteiger partial charge >= 0.3 is 5.51 Å². The average Bonchev–Trinajstić information content (AvgIpc) is 2.60. The minimum absolute atomic E-state index is 0.0172. The zero-order chi connectivity index (χ0) is 19.5. The first-order valence-corrected chi connectivity index (χ1v) is 9.79. The molecule has 2 aromatic rings. The van der Waals surface area contributed by atoms with Crippen molar-refractivity contribution in [2.45, 2.75) is 15.3 Å². The monoisotopic (exact) mass is 419 g/mol. The number of halogens is 4. The average molecular weight is 420 g/mol. The normalized spacial score (nSPS) is 11.3. The van der Waals surface area contributed by atoms with E-state index in [1.54, 1.807) is 30.8 Å². The molecule has 0 aromatic heterocycles. The van der Waals surface area contributed by atoms with E-state index in [-0.39, 0.29) is 27.6 Å². The lowest BCUT2D eigenvalue weighted by molar-refractivity contribution is -0.0328. The number of hydrogen-bond acceptors (Lipinski definition) is 3. The Bertz CT molecular complexity index is 799. The molecule has 0 unspecified atom stereocenters. The van der Waals surface area contributed by atoms with Crippen LogP contribution in [0.3, 0.4) is 0 Å². The van der Waals surface area contributed by atoms with Gasteiger partial charge in [0.2, 0.25) is 5.96 Å². The summed E-state index contributed by atoms with van der Waals surface area (Å²) in [5, 5.41) is 8.68. The molecule has 0 aliphatic rings. The third-order valence-electron chi connectivity index (χ3n) is 3.59. The molecule has 0 spiro atoms. The number of guanidine groups is 1. The van der Waals surface area contributed by atoms with Gasteiger partial charge in [-0.3, -0.25) is 5.41 Å². The summed E-state index contributed by atoms with van der Waals surface area (Å²) in [4.78, 5) is 4.16. The molecule has 0 bridgehead atoms. The van der Waals surface area contributed by atoms with Crippen LogP contribution < -0.4 is 9.80 Å². The molecule has 2 aromatic carbocycles. The van der Waals surface area contributed by atoms with Gasteiger partial charge in [0.15, 0.2) is 0 Å². The molecule has 26 heavy (non-hydrogen) atoms. The highest BCUT2D eigenvalue weighted by atomic mass is 35.5. The number of rotatable bonds is 4. The highest BCUT2D eigenvalue weighted by Gasteiger charge is 2.29. The van der Waals surface area contributed by atoms with Crippen LogP contribution in [0.15, 0.2) is 52.3 Å². The van der Waals surface area contributed by atoms with Crippen LogP contribution in [0.1, 0.15) is 0 Å². The van der Waals surface area contributed by atoms with Gasteiger partial charge in [-0.1, -0.05) is 17.7 Å². The second kappa shape index (κ2) is 8.45. The highest BCUT2D eigenvalue weighted by molar-refractivity contribution is 8.00. The molecule has 0 saturated heterocycles. The fraction of sp³-hybridized carbons (Fsp3) is 0.235. The Morgan fingerprint density at radius 2 is 1.73 bits per heavy atom. The third-order valence-corrected chi connectivity index (χ3v) is 5.35. The van der Waals surface area contributed by atoms with E-state index in [0.29, 0.717) is 5.69 Å². The molecular formula is C17H17ClF3N3S2. The van der Waals surface area contributed by atoms with Crippen molar-refractivity contribution in [1.29, 1.82) is 5.41 Å². The minimum Gasteiger partial charge on any atom is -0.315 e. The fourth-order valence-corrected chi connectivity index (χ4v) is 3.50. The first-order chi connectivity index (χ1) is 12.1. The molecule has 0 atom stereocenters. The Balaban J connectivity index is 2.27. The standard InChI is InChI=1S/C17H17ClF3N3S2/c1-23(11-5-4-6-12(9-11)25-3)16(22)24(2)15-10-13(7-8-14(15)18)26-17(19,20)21/h4-10,22H,1-3H3. The quantitative estimate of drug-likeness (QED) is 0.364. The van der Waals surface area contributed by atoms with Gasteiger partial charge in [-0.05, 0) is 54.4 Å². The second-order valence-electron chi connectivity index (χ2n) is 5.30. The number of thioether (sulfide) groups is 2. The van der Waals surface area contributed by atoms with Gasteiger partial charge in [0, 0.05) is 29.6 Å². The molecule has 0 aliphatic heterocycles. The summed E-state index contributed by atoms with van der Waals surface area (Å²) in [6.45, 7) is 0. The molecule has 0 saturated carbocycles. The maximum Gasteiger partial charge on any atom is 0.446 e. The molecule has 140 valence electrons. The number of nitrogens with zero attached hydrogens (tertiary/aromatic N) is 2. The van der Waals surface area contributed by atoms with E-state index in [1.807, 2.05) is 30.5 Å². The molecule has 0 heterocycles. The zero-order valence-electron chi connectivity index (χ0n) is 14.3. The van der Waals surface area contributed by atoms with Crippen LogP contribution in [-0.4, -0.2) is 31.8 Å². The Labute approximate surface area is 164 Å². The summed E-state index contributed by atoms with van der Waals surface area (Å²) in [5.41, 5.74) is -3.25. The van der Waals surface area contributed by atoms with Crippen molar-refractivity contribution < 1.29 is 13.2 Å². The van der Waals surface area contributed by atoms with Crippen molar-refractivity contribution in [2.75, 3.05) is 30.2 Å². The molecule has 0 radical (unpaired) electrons. The van der Waals surface area contributed by atoms with Gasteiger partial charge in [-0.25, -0.2) is 0 Å². The third kappa shape index (κ3) is 5.25. The summed E-state index contributed by atoms with van der Waals surface area (Å²) in [5.74, 6) is 0.0827. The van der Waals surface area contributed by atoms with Crippen molar-refractivity contribution in [3.63, 3.8) is 0 Å². The first-order valence-electron chi connectivity index (χ1n) is 7.37. The summed E-state index contributed by atoms with van der Waals surface area (Å²) in [7, 11) is 3.32. The van der Waals surface area contributed by atoms with E-state index in [2.05, 4.69) is 0 Å². The predicted octanol–water partition coefficient (Wildman–Crippen LogP) is 6.18. The fourth-order valence-electron chi connectivity index (χ4n) is 2.23. The summed E-state index contributed by atoms with van der Waals surface area (Å²) in [6, 6.07) is 11.7. The van der Waals surface area contributed by atoms with E-state index in [4.69, 9.17) is 17.0 Å². The van der Waals surface area contributed by atoms with Crippen LogP contribution >= 0.6 is 35.1 Å². The smallest absolute Gasteiger partial charge is 0.315 e. The van der Waals surface area contributed by atoms with Crippen LogP contribution in [0, 0.1) is 5.41 Å². The molecule has 2 rings (SSSR count). The number of anilines is 2. The number of alkyl halides is 3. The highest BCUT2D eigenvalue weighted by Crippen LogP contribution is 2.40. The van der Waals surface area contributed by atoms with E-state index in [0.717, 1.165) is 10.6 Å². The number of hydrogen-bond donors (Lipinski definition) is 1. The van der Waals surface area contributed by atoms with Crippen molar-refractivity contribution in [2.24, 2.45) is 0 Å². The number of benzene rings is 2. The molecule has 1 N–H and O–H groups in total. The Kier molecular flexibility index (Phi) is 6.76. The van der Waals surface area contributed by atoms with Gasteiger partial charge in [0.05, 0.1) is 10.7 Å². The van der Waals surface area contributed by atoms with E-state index < -0.39 is 5.51 Å². The maximum atomic E-state index is 12.6. The molecule has 0 amide bonds. The minimum atomic E-state index is -4.38. The molecule has 3 nitrogen and oxygen atoms in total. The van der Waals surface area contributed by atoms with Crippen LogP contribution in [-0.2, 0) is 0 Å². The van der Waals surface area contributed by atoms with Crippen molar-refractivity contribution >= 4 is 52.5 Å². The molecular weight excluding hydrogens is 403 g/mol. The molecule has 0 fully saturated rings. The van der Waals surface area contributed by atoms with Gasteiger partial charge < -0.3 is 9.80 Å². The molecule has 9 heteroatoms. The van der Waals surface area contributed by atoms with Gasteiger partial charge in [0.25, 0.3) is 0 Å². The summed E-state index contributed by atoms with van der Waals surface area (Å²) < 4.78 is 37.9. The van der Waals surface area contributed by atoms with Crippen LogP contribution in [0.4, 0.5) is 24.5 Å². The van der Waals surface area contributed by atoms with Crippen LogP contribution in [0.25, 0.3) is 0 Å². The maximum absolute atomic E-state index is 12.6. The summed E-state index contributed by atoms with van der Waals surface area (Å²) >= 11 is 7.53. The largest absolute Gasteiger partial charge is 0.446 e. The van der Waals surface area contributed by atoms with Crippen molar-refractivity contribution in [3.8, 4) is 0 Å². The van der Waals surface area contributed by atoms with E-state index >= 15 is 0 Å². The Hall–Kier alpha value is -1.51. The lowest BCUT2D eigenvalue weighted by Crippen LogP contribution is -2.39. The van der Waals surface area contributed by atoms with E-state index in [1.165, 1.54) is 23.1 Å². The Morgan fingerprint density at radius 3 is 2.35 bits per heavy atom. The van der Waals surface area contributed by atoms with Crippen molar-refractivity contribution in [1.82, 2.24) is 0 Å². The zero-order valence-corrected chi connectivity index (χ0v) is 16.7. The van der Waals surface area contributed by atoms with E-state index in [9.17, 15) is 13.2 Å². The number of nitrogens with one attached hydrogen (secondary N) is 1. The lowest BCUT2D eigenvalue weighted by atomic mass is 10.3. The Morgan fingerprint density at radius 1 is 1.04 bits per heavy atom. The molecule has 0 aliphatic carbocycles. The first kappa shape index (κ1) is 20.8. The van der Waals surface area contributed by atoms with Crippen LogP contribution in [0.2, 0.25) is 5.02 Å². The summed E-state index contributed by atoms with van der Waals surface area (Å²) in [6.07, 6.45) is 1.96. The topological polar surface area (TPSA) is 30.3 Å². The van der Waals surface area contributed by atoms with Gasteiger partial charge in [-0.2, -0.15) is 13.2 Å². The van der Waals surface area contributed by atoms with Gasteiger partial charge in [0.1, 0.15) is 0 Å². The second-order valence-corrected chi connectivity index (χ2v) is 7.73. The van der Waals surface area contributed by atoms with Gasteiger partial charge in [-0.15, -0.1) is 11.8 Å². The van der Waals surface area contributed by atoms with Crippen LogP contribution in [0.5, 0.6) is 0 Å². The SMILES string of the molecule is CSc1cccc(N(C)C(=N)N(C)c2cc(SC(F)(F)F)ccc2Cl)c1. The lowest BCUT2D eigenvalue weighted by Gasteiger charge is -2.29. The predicted molar refractivity (Wildman–Crippen MR) is 106 cm³/mol.